The second kappa shape index (κ2) is 6.10. The Morgan fingerprint density at radius 1 is 1.38 bits per heavy atom. The van der Waals surface area contributed by atoms with Gasteiger partial charge in [0.25, 0.3) is 0 Å². The lowest BCUT2D eigenvalue weighted by Crippen LogP contribution is -2.40. The normalized spacial score (nSPS) is 21.6. The van der Waals surface area contributed by atoms with Crippen LogP contribution in [0.4, 0.5) is 5.69 Å². The van der Waals surface area contributed by atoms with Crippen LogP contribution in [0.25, 0.3) is 0 Å². The van der Waals surface area contributed by atoms with Crippen molar-refractivity contribution in [3.8, 4) is 0 Å². The molecule has 1 fully saturated rings. The molecule has 112 valence electrons. The van der Waals surface area contributed by atoms with Gasteiger partial charge in [-0.15, -0.1) is 11.8 Å². The smallest absolute Gasteiger partial charge is 0.228 e. The minimum absolute atomic E-state index is 0.120. The van der Waals surface area contributed by atoms with Crippen molar-refractivity contribution in [1.29, 1.82) is 0 Å². The van der Waals surface area contributed by atoms with Crippen LogP contribution in [0.3, 0.4) is 0 Å². The first-order valence-corrected chi connectivity index (χ1v) is 8.37. The van der Waals surface area contributed by atoms with Crippen molar-refractivity contribution in [3.63, 3.8) is 0 Å². The van der Waals surface area contributed by atoms with Crippen molar-refractivity contribution in [2.45, 2.75) is 36.3 Å². The summed E-state index contributed by atoms with van der Waals surface area (Å²) in [6.07, 6.45) is 1.97. The van der Waals surface area contributed by atoms with Crippen LogP contribution in [-0.2, 0) is 9.59 Å². The van der Waals surface area contributed by atoms with Gasteiger partial charge in [-0.2, -0.15) is 0 Å². The zero-order valence-electron chi connectivity index (χ0n) is 12.2. The highest BCUT2D eigenvalue weighted by atomic mass is 32.2. The van der Waals surface area contributed by atoms with Crippen LogP contribution in [-0.4, -0.2) is 41.6 Å². The number of amides is 2. The number of hydrogen-bond donors (Lipinski definition) is 0. The maximum absolute atomic E-state index is 12.5. The van der Waals surface area contributed by atoms with Gasteiger partial charge in [-0.3, -0.25) is 9.59 Å². The molecule has 1 aromatic carbocycles. The average Bonchev–Trinajstić information content (AvgIpc) is 2.89. The molecule has 2 aliphatic heterocycles. The highest BCUT2D eigenvalue weighted by molar-refractivity contribution is 8.00. The third-order valence-corrected chi connectivity index (χ3v) is 5.14. The van der Waals surface area contributed by atoms with Crippen molar-refractivity contribution in [2.24, 2.45) is 0 Å². The van der Waals surface area contributed by atoms with E-state index in [1.807, 2.05) is 39.8 Å². The summed E-state index contributed by atoms with van der Waals surface area (Å²) in [4.78, 5) is 29.0. The van der Waals surface area contributed by atoms with E-state index in [0.29, 0.717) is 24.6 Å². The van der Waals surface area contributed by atoms with Crippen molar-refractivity contribution in [1.82, 2.24) is 4.90 Å². The molecule has 4 nitrogen and oxygen atoms in total. The molecule has 3 rings (SSSR count). The first-order valence-electron chi connectivity index (χ1n) is 7.49. The van der Waals surface area contributed by atoms with Crippen LogP contribution >= 0.6 is 11.8 Å². The van der Waals surface area contributed by atoms with E-state index in [0.717, 1.165) is 25.2 Å². The van der Waals surface area contributed by atoms with E-state index in [1.165, 1.54) is 4.90 Å². The van der Waals surface area contributed by atoms with Crippen LogP contribution in [0.15, 0.2) is 29.2 Å². The molecule has 0 saturated carbocycles. The van der Waals surface area contributed by atoms with Gasteiger partial charge in [0.2, 0.25) is 11.8 Å². The summed E-state index contributed by atoms with van der Waals surface area (Å²) in [5, 5.41) is 0.400. The predicted octanol–water partition coefficient (Wildman–Crippen LogP) is 2.53. The highest BCUT2D eigenvalue weighted by Gasteiger charge is 2.27. The minimum Gasteiger partial charge on any atom is -0.342 e. The van der Waals surface area contributed by atoms with Crippen molar-refractivity contribution in [2.75, 3.05) is 24.5 Å². The van der Waals surface area contributed by atoms with Gasteiger partial charge in [-0.05, 0) is 18.6 Å². The Morgan fingerprint density at radius 3 is 2.95 bits per heavy atom. The maximum Gasteiger partial charge on any atom is 0.228 e. The molecule has 2 amide bonds. The average molecular weight is 304 g/mol. The van der Waals surface area contributed by atoms with E-state index >= 15 is 0 Å². The maximum atomic E-state index is 12.5. The number of carbonyl (C=O) groups excluding carboxylic acids is 2. The number of para-hydroxylation sites is 1. The summed E-state index contributed by atoms with van der Waals surface area (Å²) < 4.78 is 0. The SMILES string of the molecule is CC1CN(C(=O)CCN2CCCC2=O)c2ccccc2S1. The van der Waals surface area contributed by atoms with Crippen LogP contribution in [0.2, 0.25) is 0 Å². The molecule has 1 saturated heterocycles. The Kier molecular flexibility index (Phi) is 4.19. The summed E-state index contributed by atoms with van der Waals surface area (Å²) in [7, 11) is 0. The molecule has 1 aromatic rings. The zero-order chi connectivity index (χ0) is 14.8. The molecule has 2 heterocycles. The molecule has 1 atom stereocenters. The summed E-state index contributed by atoms with van der Waals surface area (Å²) in [5.74, 6) is 0.306. The minimum atomic E-state index is 0.120. The third-order valence-electron chi connectivity index (χ3n) is 3.99. The number of carbonyl (C=O) groups is 2. The van der Waals surface area contributed by atoms with E-state index < -0.39 is 0 Å². The summed E-state index contributed by atoms with van der Waals surface area (Å²) >= 11 is 1.82. The molecule has 0 bridgehead atoms. The molecule has 2 aliphatic rings. The largest absolute Gasteiger partial charge is 0.342 e. The molecule has 0 radical (unpaired) electrons. The second-order valence-corrected chi connectivity index (χ2v) is 7.12. The van der Waals surface area contributed by atoms with Gasteiger partial charge in [0.1, 0.15) is 0 Å². The van der Waals surface area contributed by atoms with Crippen LogP contribution in [0.1, 0.15) is 26.2 Å². The van der Waals surface area contributed by atoms with Gasteiger partial charge in [0.15, 0.2) is 0 Å². The summed E-state index contributed by atoms with van der Waals surface area (Å²) in [6, 6.07) is 8.06. The fourth-order valence-electron chi connectivity index (χ4n) is 2.93. The van der Waals surface area contributed by atoms with Crippen LogP contribution in [0.5, 0.6) is 0 Å². The van der Waals surface area contributed by atoms with Gasteiger partial charge in [-0.25, -0.2) is 0 Å². The molecule has 0 aromatic heterocycles. The van der Waals surface area contributed by atoms with Crippen molar-refractivity contribution >= 4 is 29.3 Å². The molecular weight excluding hydrogens is 284 g/mol. The molecule has 0 N–H and O–H groups in total. The topological polar surface area (TPSA) is 40.6 Å². The first-order chi connectivity index (χ1) is 10.1. The number of anilines is 1. The number of rotatable bonds is 3. The second-order valence-electron chi connectivity index (χ2n) is 5.63. The van der Waals surface area contributed by atoms with E-state index in [2.05, 4.69) is 13.0 Å². The lowest BCUT2D eigenvalue weighted by atomic mass is 10.2. The number of nitrogens with zero attached hydrogens (tertiary/aromatic N) is 2. The van der Waals surface area contributed by atoms with E-state index in [4.69, 9.17) is 0 Å². The quantitative estimate of drug-likeness (QED) is 0.861. The fraction of sp³-hybridized carbons (Fsp3) is 0.500. The number of fused-ring (bicyclic) bond motifs is 1. The van der Waals surface area contributed by atoms with Crippen LogP contribution < -0.4 is 4.90 Å². The molecule has 1 unspecified atom stereocenters. The number of thioether (sulfide) groups is 1. The van der Waals surface area contributed by atoms with Crippen molar-refractivity contribution < 1.29 is 9.59 Å². The van der Waals surface area contributed by atoms with Crippen molar-refractivity contribution in [3.05, 3.63) is 24.3 Å². The van der Waals surface area contributed by atoms with Gasteiger partial charge < -0.3 is 9.80 Å². The molecular formula is C16H20N2O2S. The Labute approximate surface area is 129 Å². The Bertz CT molecular complexity index is 561. The van der Waals surface area contributed by atoms with E-state index in [9.17, 15) is 9.59 Å². The number of hydrogen-bond acceptors (Lipinski definition) is 3. The van der Waals surface area contributed by atoms with E-state index in [-0.39, 0.29) is 11.8 Å². The standard InChI is InChI=1S/C16H20N2O2S/c1-12-11-18(13-5-2-3-6-14(13)21-12)16(20)8-10-17-9-4-7-15(17)19/h2-3,5-6,12H,4,7-11H2,1H3. The summed E-state index contributed by atoms with van der Waals surface area (Å²) in [6.45, 7) is 4.24. The lowest BCUT2D eigenvalue weighted by molar-refractivity contribution is -0.128. The molecule has 21 heavy (non-hydrogen) atoms. The fourth-order valence-corrected chi connectivity index (χ4v) is 4.04. The Morgan fingerprint density at radius 2 is 2.19 bits per heavy atom. The van der Waals surface area contributed by atoms with Gasteiger partial charge in [0.05, 0.1) is 5.69 Å². The van der Waals surface area contributed by atoms with Gasteiger partial charge in [0, 0.05) is 42.6 Å². The van der Waals surface area contributed by atoms with Gasteiger partial charge in [-0.1, -0.05) is 19.1 Å². The lowest BCUT2D eigenvalue weighted by Gasteiger charge is -2.33. The first kappa shape index (κ1) is 14.4. The number of likely N-dealkylation sites (tertiary alicyclic amines) is 1. The molecule has 0 aliphatic carbocycles. The van der Waals surface area contributed by atoms with E-state index in [1.54, 1.807) is 0 Å². The monoisotopic (exact) mass is 304 g/mol. The van der Waals surface area contributed by atoms with Gasteiger partial charge >= 0.3 is 0 Å². The highest BCUT2D eigenvalue weighted by Crippen LogP contribution is 2.38. The third kappa shape index (κ3) is 3.07. The zero-order valence-corrected chi connectivity index (χ0v) is 13.1. The number of benzene rings is 1. The predicted molar refractivity (Wildman–Crippen MR) is 84.5 cm³/mol. The summed E-state index contributed by atoms with van der Waals surface area (Å²) in [5.41, 5.74) is 1.01. The Balaban J connectivity index is 1.68. The molecule has 0 spiro atoms. The Hall–Kier alpha value is -1.49. The van der Waals surface area contributed by atoms with Crippen LogP contribution in [0, 0.1) is 0 Å². The molecule has 5 heteroatoms.